The lowest BCUT2D eigenvalue weighted by Gasteiger charge is -2.01. The molecule has 2 aromatic heterocycles. The van der Waals surface area contributed by atoms with Crippen molar-refractivity contribution in [3.05, 3.63) is 46.0 Å². The number of aromatic nitrogens is 3. The molecule has 0 radical (unpaired) electrons. The first-order chi connectivity index (χ1) is 8.61. The maximum Gasteiger partial charge on any atom is 0.268 e. The molecule has 6 heteroatoms. The van der Waals surface area contributed by atoms with E-state index in [2.05, 4.69) is 10.1 Å². The van der Waals surface area contributed by atoms with Gasteiger partial charge in [-0.25, -0.2) is 0 Å². The maximum absolute atomic E-state index is 11.8. The Kier molecular flexibility index (Phi) is 3.24. The van der Waals surface area contributed by atoms with Crippen LogP contribution in [0.15, 0.2) is 27.6 Å². The van der Waals surface area contributed by atoms with Gasteiger partial charge < -0.3 is 9.09 Å². The highest BCUT2D eigenvalue weighted by Gasteiger charge is 2.11. The maximum atomic E-state index is 11.8. The number of nitriles is 1. The van der Waals surface area contributed by atoms with Crippen LogP contribution in [0.1, 0.15) is 37.0 Å². The van der Waals surface area contributed by atoms with E-state index in [-0.39, 0.29) is 23.6 Å². The van der Waals surface area contributed by atoms with Gasteiger partial charge in [-0.05, 0) is 12.1 Å². The lowest BCUT2D eigenvalue weighted by molar-refractivity contribution is 0.359. The van der Waals surface area contributed by atoms with Gasteiger partial charge in [0.15, 0.2) is 5.82 Å². The standard InChI is InChI=1S/C12H12N4O2/c1-8(2)11-14-10(15-18-11)7-16-5-3-4-9(6-13)12(16)17/h3-5,8H,7H2,1-2H3. The van der Waals surface area contributed by atoms with Crippen molar-refractivity contribution in [1.82, 2.24) is 14.7 Å². The third-order valence-corrected chi connectivity index (χ3v) is 2.43. The van der Waals surface area contributed by atoms with Gasteiger partial charge in [0.25, 0.3) is 5.56 Å². The van der Waals surface area contributed by atoms with E-state index in [1.54, 1.807) is 12.3 Å². The van der Waals surface area contributed by atoms with Crippen molar-refractivity contribution in [3.63, 3.8) is 0 Å². The number of hydrogen-bond acceptors (Lipinski definition) is 5. The summed E-state index contributed by atoms with van der Waals surface area (Å²) in [6, 6.07) is 4.97. The smallest absolute Gasteiger partial charge is 0.268 e. The van der Waals surface area contributed by atoms with Crippen LogP contribution in [0.25, 0.3) is 0 Å². The summed E-state index contributed by atoms with van der Waals surface area (Å²) in [5, 5.41) is 12.6. The molecule has 6 nitrogen and oxygen atoms in total. The Morgan fingerprint density at radius 3 is 2.94 bits per heavy atom. The minimum Gasteiger partial charge on any atom is -0.339 e. The van der Waals surface area contributed by atoms with Crippen molar-refractivity contribution < 1.29 is 4.52 Å². The molecule has 0 aliphatic heterocycles. The van der Waals surface area contributed by atoms with E-state index in [0.29, 0.717) is 11.7 Å². The molecule has 2 heterocycles. The van der Waals surface area contributed by atoms with Gasteiger partial charge in [0.05, 0.1) is 6.54 Å². The van der Waals surface area contributed by atoms with Gasteiger partial charge in [-0.3, -0.25) is 4.79 Å². The molecule has 2 rings (SSSR count). The summed E-state index contributed by atoms with van der Waals surface area (Å²) in [4.78, 5) is 16.0. The average Bonchev–Trinajstić information content (AvgIpc) is 2.80. The molecule has 18 heavy (non-hydrogen) atoms. The van der Waals surface area contributed by atoms with E-state index >= 15 is 0 Å². The topological polar surface area (TPSA) is 84.7 Å². The average molecular weight is 244 g/mol. The third kappa shape index (κ3) is 2.30. The molecule has 0 amide bonds. The molecule has 0 spiro atoms. The molecule has 0 unspecified atom stereocenters. The second kappa shape index (κ2) is 4.84. The predicted octanol–water partition coefficient (Wildman–Crippen LogP) is 1.27. The Bertz CT molecular complexity index is 649. The summed E-state index contributed by atoms with van der Waals surface area (Å²) in [5.74, 6) is 1.11. The van der Waals surface area contributed by atoms with Crippen molar-refractivity contribution in [2.45, 2.75) is 26.3 Å². The minimum atomic E-state index is -0.351. The molecule has 0 aliphatic rings. The summed E-state index contributed by atoms with van der Waals surface area (Å²) in [7, 11) is 0. The van der Waals surface area contributed by atoms with Crippen molar-refractivity contribution >= 4 is 0 Å². The van der Waals surface area contributed by atoms with Crippen molar-refractivity contribution in [2.75, 3.05) is 0 Å². The number of nitrogens with zero attached hydrogens (tertiary/aromatic N) is 4. The zero-order valence-corrected chi connectivity index (χ0v) is 10.1. The Morgan fingerprint density at radius 1 is 1.56 bits per heavy atom. The third-order valence-electron chi connectivity index (χ3n) is 2.43. The summed E-state index contributed by atoms with van der Waals surface area (Å²) in [5.41, 5.74) is -0.249. The molecule has 0 aromatic carbocycles. The summed E-state index contributed by atoms with van der Waals surface area (Å²) >= 11 is 0. The van der Waals surface area contributed by atoms with Gasteiger partial charge in [0, 0.05) is 12.1 Å². The van der Waals surface area contributed by atoms with Crippen LogP contribution in [0.5, 0.6) is 0 Å². The van der Waals surface area contributed by atoms with Gasteiger partial charge in [0.1, 0.15) is 11.6 Å². The van der Waals surface area contributed by atoms with Crippen LogP contribution >= 0.6 is 0 Å². The van der Waals surface area contributed by atoms with Crippen LogP contribution < -0.4 is 5.56 Å². The summed E-state index contributed by atoms with van der Waals surface area (Å²) in [6.07, 6.45) is 1.59. The predicted molar refractivity (Wildman–Crippen MR) is 62.9 cm³/mol. The van der Waals surface area contributed by atoms with Crippen LogP contribution in [-0.4, -0.2) is 14.7 Å². The summed E-state index contributed by atoms with van der Waals surface area (Å²) in [6.45, 7) is 4.09. The van der Waals surface area contributed by atoms with E-state index in [9.17, 15) is 4.79 Å². The quantitative estimate of drug-likeness (QED) is 0.811. The van der Waals surface area contributed by atoms with Crippen molar-refractivity contribution in [3.8, 4) is 6.07 Å². The highest BCUT2D eigenvalue weighted by molar-refractivity contribution is 5.25. The van der Waals surface area contributed by atoms with Crippen LogP contribution in [0.4, 0.5) is 0 Å². The van der Waals surface area contributed by atoms with E-state index < -0.39 is 0 Å². The molecule has 0 saturated heterocycles. The second-order valence-corrected chi connectivity index (χ2v) is 4.17. The Balaban J connectivity index is 2.29. The van der Waals surface area contributed by atoms with Gasteiger partial charge in [-0.15, -0.1) is 0 Å². The Labute approximate surface area is 103 Å². The largest absolute Gasteiger partial charge is 0.339 e. The molecule has 92 valence electrons. The van der Waals surface area contributed by atoms with Gasteiger partial charge in [-0.2, -0.15) is 10.2 Å². The zero-order chi connectivity index (χ0) is 13.1. The zero-order valence-electron chi connectivity index (χ0n) is 10.1. The van der Waals surface area contributed by atoms with Crippen LogP contribution in [0.3, 0.4) is 0 Å². The fourth-order valence-electron chi connectivity index (χ4n) is 1.47. The van der Waals surface area contributed by atoms with Gasteiger partial charge in [0.2, 0.25) is 5.89 Å². The van der Waals surface area contributed by atoms with E-state index in [0.717, 1.165) is 0 Å². The molecule has 0 bridgehead atoms. The van der Waals surface area contributed by atoms with Crippen LogP contribution in [-0.2, 0) is 6.54 Å². The van der Waals surface area contributed by atoms with Crippen molar-refractivity contribution in [2.24, 2.45) is 0 Å². The van der Waals surface area contributed by atoms with Gasteiger partial charge >= 0.3 is 0 Å². The first-order valence-electron chi connectivity index (χ1n) is 5.54. The van der Waals surface area contributed by atoms with E-state index in [1.165, 1.54) is 10.6 Å². The molecule has 0 atom stereocenters. The molecular weight excluding hydrogens is 232 g/mol. The lowest BCUT2D eigenvalue weighted by atomic mass is 10.2. The minimum absolute atomic E-state index is 0.102. The first-order valence-corrected chi connectivity index (χ1v) is 5.54. The fourth-order valence-corrected chi connectivity index (χ4v) is 1.47. The molecular formula is C12H12N4O2. The molecule has 0 saturated carbocycles. The lowest BCUT2D eigenvalue weighted by Crippen LogP contribution is -2.22. The van der Waals surface area contributed by atoms with Crippen molar-refractivity contribution in [1.29, 1.82) is 5.26 Å². The monoisotopic (exact) mass is 244 g/mol. The van der Waals surface area contributed by atoms with E-state index in [1.807, 2.05) is 19.9 Å². The normalized spacial score (nSPS) is 10.6. The molecule has 0 fully saturated rings. The number of rotatable bonds is 3. The van der Waals surface area contributed by atoms with Crippen LogP contribution in [0, 0.1) is 11.3 Å². The molecule has 0 N–H and O–H groups in total. The Morgan fingerprint density at radius 2 is 2.33 bits per heavy atom. The second-order valence-electron chi connectivity index (χ2n) is 4.17. The van der Waals surface area contributed by atoms with Crippen LogP contribution in [0.2, 0.25) is 0 Å². The molecule has 2 aromatic rings. The van der Waals surface area contributed by atoms with E-state index in [4.69, 9.17) is 9.78 Å². The van der Waals surface area contributed by atoms with Gasteiger partial charge in [-0.1, -0.05) is 19.0 Å². The number of pyridine rings is 1. The fraction of sp³-hybridized carbons (Fsp3) is 0.333. The highest BCUT2D eigenvalue weighted by atomic mass is 16.5. The Hall–Kier alpha value is -2.42. The molecule has 0 aliphatic carbocycles. The SMILES string of the molecule is CC(C)c1nc(Cn2cccc(C#N)c2=O)no1. The first kappa shape index (κ1) is 12.0. The summed E-state index contributed by atoms with van der Waals surface area (Å²) < 4.78 is 6.44. The highest BCUT2D eigenvalue weighted by Crippen LogP contribution is 2.11. The number of hydrogen-bond donors (Lipinski definition) is 0.